The molecule has 0 aliphatic heterocycles. The molecule has 0 fully saturated rings. The number of nitrogens with zero attached hydrogens (tertiary/aromatic N) is 1. The van der Waals surface area contributed by atoms with Crippen molar-refractivity contribution in [1.82, 2.24) is 15.5 Å². The summed E-state index contributed by atoms with van der Waals surface area (Å²) in [6.07, 6.45) is 0. The van der Waals surface area contributed by atoms with Crippen LogP contribution in [0.1, 0.15) is 11.5 Å². The molecule has 1 rings (SSSR count). The van der Waals surface area contributed by atoms with Gasteiger partial charge in [-0.15, -0.1) is 0 Å². The molecule has 0 spiro atoms. The maximum atomic E-state index is 11.3. The van der Waals surface area contributed by atoms with Gasteiger partial charge in [-0.1, -0.05) is 30.3 Å². The Balaban J connectivity index is 2.35. The number of nitrogens with one attached hydrogen (secondary N) is 2. The van der Waals surface area contributed by atoms with E-state index in [4.69, 9.17) is 0 Å². The first kappa shape index (κ1) is 16.0. The van der Waals surface area contributed by atoms with Crippen LogP contribution in [0.5, 0.6) is 0 Å². The fourth-order valence-electron chi connectivity index (χ4n) is 1.70. The third kappa shape index (κ3) is 5.27. The van der Waals surface area contributed by atoms with Crippen molar-refractivity contribution in [3.63, 3.8) is 0 Å². The van der Waals surface area contributed by atoms with E-state index < -0.39 is 11.9 Å². The van der Waals surface area contributed by atoms with Gasteiger partial charge in [0.15, 0.2) is 0 Å². The van der Waals surface area contributed by atoms with Crippen LogP contribution >= 0.6 is 0 Å². The summed E-state index contributed by atoms with van der Waals surface area (Å²) < 4.78 is 0. The molecule has 0 radical (unpaired) electrons. The SMILES string of the molecule is CN(C)C(=O)NCCNCC(C(=O)O)c1ccccc1. The van der Waals surface area contributed by atoms with E-state index in [1.54, 1.807) is 26.2 Å². The number of urea groups is 1. The van der Waals surface area contributed by atoms with Crippen LogP contribution in [0.25, 0.3) is 0 Å². The number of carbonyl (C=O) groups excluding carboxylic acids is 1. The molecule has 3 N–H and O–H groups in total. The third-order valence-corrected chi connectivity index (χ3v) is 2.83. The Morgan fingerprint density at radius 2 is 1.85 bits per heavy atom. The van der Waals surface area contributed by atoms with Crippen molar-refractivity contribution in [2.45, 2.75) is 5.92 Å². The van der Waals surface area contributed by atoms with E-state index in [0.29, 0.717) is 19.6 Å². The first-order valence-electron chi connectivity index (χ1n) is 6.46. The molecule has 1 atom stereocenters. The number of rotatable bonds is 7. The molecular formula is C14H21N3O3. The molecule has 1 unspecified atom stereocenters. The quantitative estimate of drug-likeness (QED) is 0.642. The Morgan fingerprint density at radius 3 is 2.40 bits per heavy atom. The molecule has 110 valence electrons. The monoisotopic (exact) mass is 279 g/mol. The normalized spacial score (nSPS) is 11.7. The molecule has 6 heteroatoms. The summed E-state index contributed by atoms with van der Waals surface area (Å²) in [5.41, 5.74) is 0.768. The van der Waals surface area contributed by atoms with E-state index in [1.807, 2.05) is 18.2 Å². The predicted octanol–water partition coefficient (Wildman–Crippen LogP) is 0.716. The standard InChI is InChI=1S/C14H21N3O3/c1-17(2)14(20)16-9-8-15-10-12(13(18)19)11-6-4-3-5-7-11/h3-7,12,15H,8-10H2,1-2H3,(H,16,20)(H,18,19). The van der Waals surface area contributed by atoms with Gasteiger partial charge >= 0.3 is 12.0 Å². The van der Waals surface area contributed by atoms with Crippen molar-refractivity contribution in [2.24, 2.45) is 0 Å². The fourth-order valence-corrected chi connectivity index (χ4v) is 1.70. The molecule has 0 aromatic heterocycles. The van der Waals surface area contributed by atoms with E-state index >= 15 is 0 Å². The number of hydrogen-bond donors (Lipinski definition) is 3. The van der Waals surface area contributed by atoms with Crippen LogP contribution in [-0.4, -0.2) is 55.7 Å². The zero-order valence-electron chi connectivity index (χ0n) is 11.8. The van der Waals surface area contributed by atoms with Crippen molar-refractivity contribution in [1.29, 1.82) is 0 Å². The van der Waals surface area contributed by atoms with Crippen LogP contribution in [0, 0.1) is 0 Å². The molecule has 1 aromatic carbocycles. The Labute approximate surface area is 118 Å². The topological polar surface area (TPSA) is 81.7 Å². The van der Waals surface area contributed by atoms with Gasteiger partial charge in [0, 0.05) is 33.7 Å². The van der Waals surface area contributed by atoms with E-state index in [9.17, 15) is 14.7 Å². The number of hydrogen-bond acceptors (Lipinski definition) is 3. The highest BCUT2D eigenvalue weighted by Gasteiger charge is 2.18. The minimum absolute atomic E-state index is 0.162. The molecule has 0 saturated heterocycles. The summed E-state index contributed by atoms with van der Waals surface area (Å²) in [6, 6.07) is 8.94. The molecule has 20 heavy (non-hydrogen) atoms. The van der Waals surface area contributed by atoms with E-state index in [-0.39, 0.29) is 6.03 Å². The molecule has 0 aliphatic rings. The Bertz CT molecular complexity index is 435. The van der Waals surface area contributed by atoms with Crippen molar-refractivity contribution >= 4 is 12.0 Å². The third-order valence-electron chi connectivity index (χ3n) is 2.83. The lowest BCUT2D eigenvalue weighted by molar-refractivity contribution is -0.138. The second-order valence-corrected chi connectivity index (χ2v) is 4.63. The first-order chi connectivity index (χ1) is 9.52. The predicted molar refractivity (Wildman–Crippen MR) is 76.8 cm³/mol. The molecule has 0 heterocycles. The highest BCUT2D eigenvalue weighted by Crippen LogP contribution is 2.14. The summed E-state index contributed by atoms with van der Waals surface area (Å²) >= 11 is 0. The second-order valence-electron chi connectivity index (χ2n) is 4.63. The summed E-state index contributed by atoms with van der Waals surface area (Å²) in [6.45, 7) is 1.31. The maximum absolute atomic E-state index is 11.3. The minimum atomic E-state index is -0.860. The lowest BCUT2D eigenvalue weighted by atomic mass is 9.99. The Hall–Kier alpha value is -2.08. The van der Waals surface area contributed by atoms with E-state index in [2.05, 4.69) is 10.6 Å². The molecule has 2 amide bonds. The van der Waals surface area contributed by atoms with Crippen LogP contribution in [0.3, 0.4) is 0 Å². The van der Waals surface area contributed by atoms with Gasteiger partial charge in [-0.3, -0.25) is 4.79 Å². The van der Waals surface area contributed by atoms with Gasteiger partial charge in [0.05, 0.1) is 5.92 Å². The molecule has 0 aliphatic carbocycles. The lowest BCUT2D eigenvalue weighted by Gasteiger charge is -2.15. The van der Waals surface area contributed by atoms with Crippen LogP contribution < -0.4 is 10.6 Å². The van der Waals surface area contributed by atoms with Gasteiger partial charge in [-0.2, -0.15) is 0 Å². The van der Waals surface area contributed by atoms with Crippen LogP contribution in [0.2, 0.25) is 0 Å². The number of benzene rings is 1. The summed E-state index contributed by atoms with van der Waals surface area (Å²) in [5.74, 6) is -1.44. The van der Waals surface area contributed by atoms with Gasteiger partial charge < -0.3 is 20.6 Å². The summed E-state index contributed by atoms with van der Waals surface area (Å²) in [5, 5.41) is 15.0. The molecule has 0 bridgehead atoms. The molecule has 6 nitrogen and oxygen atoms in total. The van der Waals surface area contributed by atoms with Gasteiger partial charge in [-0.25, -0.2) is 4.79 Å². The van der Waals surface area contributed by atoms with E-state index in [1.165, 1.54) is 4.90 Å². The van der Waals surface area contributed by atoms with Crippen molar-refractivity contribution < 1.29 is 14.7 Å². The fraction of sp³-hybridized carbons (Fsp3) is 0.429. The molecular weight excluding hydrogens is 258 g/mol. The maximum Gasteiger partial charge on any atom is 0.316 e. The number of amides is 2. The highest BCUT2D eigenvalue weighted by molar-refractivity contribution is 5.76. The highest BCUT2D eigenvalue weighted by atomic mass is 16.4. The number of carbonyl (C=O) groups is 2. The minimum Gasteiger partial charge on any atom is -0.481 e. The molecule has 1 aromatic rings. The second kappa shape index (κ2) is 8.16. The summed E-state index contributed by atoms with van der Waals surface area (Å²) in [4.78, 5) is 24.0. The van der Waals surface area contributed by atoms with Gasteiger partial charge in [0.25, 0.3) is 0 Å². The van der Waals surface area contributed by atoms with Gasteiger partial charge in [0.1, 0.15) is 0 Å². The average molecular weight is 279 g/mol. The Kier molecular flexibility index (Phi) is 6.52. The van der Waals surface area contributed by atoms with Crippen molar-refractivity contribution in [3.8, 4) is 0 Å². The number of carboxylic acids is 1. The largest absolute Gasteiger partial charge is 0.481 e. The first-order valence-corrected chi connectivity index (χ1v) is 6.46. The van der Waals surface area contributed by atoms with Gasteiger partial charge in [0.2, 0.25) is 0 Å². The lowest BCUT2D eigenvalue weighted by Crippen LogP contribution is -2.39. The van der Waals surface area contributed by atoms with Crippen LogP contribution in [-0.2, 0) is 4.79 Å². The van der Waals surface area contributed by atoms with Crippen molar-refractivity contribution in [2.75, 3.05) is 33.7 Å². The molecule has 0 saturated carbocycles. The van der Waals surface area contributed by atoms with Crippen LogP contribution in [0.4, 0.5) is 4.79 Å². The van der Waals surface area contributed by atoms with Crippen LogP contribution in [0.15, 0.2) is 30.3 Å². The number of aliphatic carboxylic acids is 1. The van der Waals surface area contributed by atoms with Crippen molar-refractivity contribution in [3.05, 3.63) is 35.9 Å². The summed E-state index contributed by atoms with van der Waals surface area (Å²) in [7, 11) is 3.33. The average Bonchev–Trinajstić information content (AvgIpc) is 2.42. The number of carboxylic acid groups (broad SMARTS) is 1. The van der Waals surface area contributed by atoms with Gasteiger partial charge in [-0.05, 0) is 5.56 Å². The van der Waals surface area contributed by atoms with E-state index in [0.717, 1.165) is 5.56 Å². The Morgan fingerprint density at radius 1 is 1.20 bits per heavy atom. The smallest absolute Gasteiger partial charge is 0.316 e. The zero-order chi connectivity index (χ0) is 15.0. The zero-order valence-corrected chi connectivity index (χ0v) is 11.8.